The normalized spacial score (nSPS) is 22.7. The number of aromatic nitrogens is 3. The minimum absolute atomic E-state index is 0.243. The lowest BCUT2D eigenvalue weighted by atomic mass is 9.98. The van der Waals surface area contributed by atoms with E-state index < -0.39 is 0 Å². The first-order valence-corrected chi connectivity index (χ1v) is 10.9. The first-order chi connectivity index (χ1) is 14.8. The molecule has 30 heavy (non-hydrogen) atoms. The third kappa shape index (κ3) is 3.16. The number of pyridine rings is 1. The molecule has 0 bridgehead atoms. The highest BCUT2D eigenvalue weighted by molar-refractivity contribution is 5.51. The van der Waals surface area contributed by atoms with E-state index >= 15 is 0 Å². The number of aryl methyl sites for hydroxylation is 2. The Kier molecular flexibility index (Phi) is 4.45. The molecular formula is C24H26N4O2. The molecule has 3 aliphatic rings. The lowest BCUT2D eigenvalue weighted by Crippen LogP contribution is -2.32. The fraction of sp³-hybridized carbons (Fsp3) is 0.417. The average Bonchev–Trinajstić information content (AvgIpc) is 3.32. The summed E-state index contributed by atoms with van der Waals surface area (Å²) in [6.07, 6.45) is 6.03. The van der Waals surface area contributed by atoms with Crippen LogP contribution in [0.3, 0.4) is 0 Å². The van der Waals surface area contributed by atoms with Crippen molar-refractivity contribution in [2.45, 2.75) is 37.8 Å². The monoisotopic (exact) mass is 402 g/mol. The Labute approximate surface area is 176 Å². The number of hydrogen-bond acceptors (Lipinski definition) is 5. The number of fused-ring (bicyclic) bond motifs is 3. The maximum absolute atomic E-state index is 5.91. The van der Waals surface area contributed by atoms with Gasteiger partial charge in [0.25, 0.3) is 0 Å². The molecular weight excluding hydrogens is 376 g/mol. The van der Waals surface area contributed by atoms with Crippen LogP contribution in [0, 0.1) is 5.92 Å². The van der Waals surface area contributed by atoms with E-state index in [2.05, 4.69) is 57.3 Å². The number of imidazole rings is 1. The van der Waals surface area contributed by atoms with E-state index in [4.69, 9.17) is 14.5 Å². The zero-order valence-electron chi connectivity index (χ0n) is 17.0. The smallest absolute Gasteiger partial charge is 0.213 e. The first kappa shape index (κ1) is 18.0. The molecule has 154 valence electrons. The van der Waals surface area contributed by atoms with E-state index in [-0.39, 0.29) is 6.04 Å². The molecule has 0 radical (unpaired) electrons. The van der Waals surface area contributed by atoms with Crippen molar-refractivity contribution in [1.82, 2.24) is 14.5 Å². The summed E-state index contributed by atoms with van der Waals surface area (Å²) in [5.41, 5.74) is 3.79. The Morgan fingerprint density at radius 2 is 1.97 bits per heavy atom. The van der Waals surface area contributed by atoms with E-state index in [0.717, 1.165) is 38.9 Å². The molecule has 1 unspecified atom stereocenters. The molecule has 3 aromatic rings. The molecule has 1 saturated heterocycles. The second-order valence-electron chi connectivity index (χ2n) is 8.54. The SMILES string of the molecule is c1ccc(C2CCc3nc4c(n32)N[C@@H](c2ccnc(OCC3COC3)c2)CC4)cc1. The molecule has 6 rings (SSSR count). The van der Waals surface area contributed by atoms with Gasteiger partial charge in [0.15, 0.2) is 0 Å². The van der Waals surface area contributed by atoms with Gasteiger partial charge in [0.1, 0.15) is 11.6 Å². The third-order valence-electron chi connectivity index (χ3n) is 6.51. The van der Waals surface area contributed by atoms with Crippen LogP contribution in [0.25, 0.3) is 0 Å². The van der Waals surface area contributed by atoms with Gasteiger partial charge in [-0.3, -0.25) is 0 Å². The van der Waals surface area contributed by atoms with Gasteiger partial charge in [-0.05, 0) is 36.5 Å². The molecule has 1 N–H and O–H groups in total. The summed E-state index contributed by atoms with van der Waals surface area (Å²) in [6.45, 7) is 2.26. The van der Waals surface area contributed by atoms with Gasteiger partial charge < -0.3 is 19.4 Å². The van der Waals surface area contributed by atoms with E-state index in [1.807, 2.05) is 6.20 Å². The van der Waals surface area contributed by atoms with Crippen molar-refractivity contribution in [3.05, 3.63) is 71.3 Å². The highest BCUT2D eigenvalue weighted by Gasteiger charge is 2.33. The van der Waals surface area contributed by atoms with E-state index in [1.165, 1.54) is 28.5 Å². The number of rotatable bonds is 5. The highest BCUT2D eigenvalue weighted by atomic mass is 16.5. The van der Waals surface area contributed by atoms with Crippen molar-refractivity contribution in [2.75, 3.05) is 25.1 Å². The van der Waals surface area contributed by atoms with Gasteiger partial charge in [-0.1, -0.05) is 30.3 Å². The quantitative estimate of drug-likeness (QED) is 0.701. The fourth-order valence-corrected chi connectivity index (χ4v) is 4.83. The summed E-state index contributed by atoms with van der Waals surface area (Å²) in [4.78, 5) is 9.37. The third-order valence-corrected chi connectivity index (χ3v) is 6.51. The summed E-state index contributed by atoms with van der Waals surface area (Å²) in [5.74, 6) is 3.60. The van der Waals surface area contributed by atoms with Crippen LogP contribution in [-0.2, 0) is 17.6 Å². The average molecular weight is 402 g/mol. The molecule has 3 aliphatic heterocycles. The summed E-state index contributed by atoms with van der Waals surface area (Å²) < 4.78 is 13.6. The second kappa shape index (κ2) is 7.43. The van der Waals surface area contributed by atoms with Gasteiger partial charge in [0, 0.05) is 24.6 Å². The predicted molar refractivity (Wildman–Crippen MR) is 114 cm³/mol. The molecule has 0 amide bonds. The number of ether oxygens (including phenoxy) is 2. The van der Waals surface area contributed by atoms with Gasteiger partial charge in [-0.2, -0.15) is 0 Å². The fourth-order valence-electron chi connectivity index (χ4n) is 4.83. The Morgan fingerprint density at radius 1 is 1.07 bits per heavy atom. The van der Waals surface area contributed by atoms with Crippen molar-refractivity contribution in [2.24, 2.45) is 5.92 Å². The molecule has 1 fully saturated rings. The van der Waals surface area contributed by atoms with Crippen molar-refractivity contribution in [1.29, 1.82) is 0 Å². The van der Waals surface area contributed by atoms with Crippen LogP contribution in [-0.4, -0.2) is 34.4 Å². The van der Waals surface area contributed by atoms with E-state index in [1.54, 1.807) is 0 Å². The van der Waals surface area contributed by atoms with Crippen molar-refractivity contribution in [3.63, 3.8) is 0 Å². The second-order valence-corrected chi connectivity index (χ2v) is 8.54. The summed E-state index contributed by atoms with van der Waals surface area (Å²) in [5, 5.41) is 3.80. The molecule has 6 heteroatoms. The van der Waals surface area contributed by atoms with Crippen LogP contribution in [0.2, 0.25) is 0 Å². The summed E-state index contributed by atoms with van der Waals surface area (Å²) in [7, 11) is 0. The standard InChI is InChI=1S/C24H26N4O2/c1-2-4-17(5-3-1)21-8-9-22-26-20-7-6-19(27-24(20)28(21)22)18-10-11-25-23(12-18)30-15-16-13-29-14-16/h1-5,10-12,16,19,21,27H,6-9,13-15H2/t19-,21?/m1/s1. The first-order valence-electron chi connectivity index (χ1n) is 10.9. The highest BCUT2D eigenvalue weighted by Crippen LogP contribution is 2.41. The van der Waals surface area contributed by atoms with Crippen LogP contribution < -0.4 is 10.1 Å². The lowest BCUT2D eigenvalue weighted by molar-refractivity contribution is -0.0514. The molecule has 2 aromatic heterocycles. The molecule has 1 aromatic carbocycles. The van der Waals surface area contributed by atoms with Crippen molar-refractivity contribution in [3.8, 4) is 5.88 Å². The summed E-state index contributed by atoms with van der Waals surface area (Å²) in [6, 6.07) is 15.6. The number of anilines is 1. The van der Waals surface area contributed by atoms with Crippen LogP contribution >= 0.6 is 0 Å². The molecule has 2 atom stereocenters. The minimum atomic E-state index is 0.243. The number of nitrogens with one attached hydrogen (secondary N) is 1. The van der Waals surface area contributed by atoms with Crippen LogP contribution in [0.4, 0.5) is 5.82 Å². The number of benzene rings is 1. The zero-order valence-corrected chi connectivity index (χ0v) is 17.0. The van der Waals surface area contributed by atoms with Crippen LogP contribution in [0.5, 0.6) is 5.88 Å². The van der Waals surface area contributed by atoms with Crippen LogP contribution in [0.15, 0.2) is 48.7 Å². The lowest BCUT2D eigenvalue weighted by Gasteiger charge is -2.28. The number of nitrogens with zero attached hydrogens (tertiary/aromatic N) is 3. The van der Waals surface area contributed by atoms with E-state index in [0.29, 0.717) is 24.4 Å². The Hall–Kier alpha value is -2.86. The molecule has 6 nitrogen and oxygen atoms in total. The van der Waals surface area contributed by atoms with Gasteiger partial charge in [-0.25, -0.2) is 9.97 Å². The predicted octanol–water partition coefficient (Wildman–Crippen LogP) is 3.94. The topological polar surface area (TPSA) is 61.2 Å². The summed E-state index contributed by atoms with van der Waals surface area (Å²) >= 11 is 0. The number of hydrogen-bond donors (Lipinski definition) is 1. The van der Waals surface area contributed by atoms with Gasteiger partial charge in [-0.15, -0.1) is 0 Å². The maximum Gasteiger partial charge on any atom is 0.213 e. The minimum Gasteiger partial charge on any atom is -0.477 e. The van der Waals surface area contributed by atoms with Gasteiger partial charge in [0.2, 0.25) is 5.88 Å². The largest absolute Gasteiger partial charge is 0.477 e. The van der Waals surface area contributed by atoms with Crippen molar-refractivity contribution < 1.29 is 9.47 Å². The Balaban J connectivity index is 1.24. The molecule has 0 spiro atoms. The Bertz CT molecular complexity index is 1040. The Morgan fingerprint density at radius 3 is 2.80 bits per heavy atom. The van der Waals surface area contributed by atoms with Crippen molar-refractivity contribution >= 4 is 5.82 Å². The van der Waals surface area contributed by atoms with Gasteiger partial charge in [0.05, 0.1) is 37.6 Å². The van der Waals surface area contributed by atoms with E-state index in [9.17, 15) is 0 Å². The molecule has 0 saturated carbocycles. The molecule has 0 aliphatic carbocycles. The zero-order chi connectivity index (χ0) is 19.9. The van der Waals surface area contributed by atoms with Crippen LogP contribution in [0.1, 0.15) is 47.6 Å². The maximum atomic E-state index is 5.91. The van der Waals surface area contributed by atoms with Gasteiger partial charge >= 0.3 is 0 Å². The molecule has 5 heterocycles.